The maximum atomic E-state index is 13.0. The highest BCUT2D eigenvalue weighted by Gasteiger charge is 2.45. The fourth-order valence-electron chi connectivity index (χ4n) is 2.14. The van der Waals surface area contributed by atoms with Crippen molar-refractivity contribution < 1.29 is 39.9 Å². The molecule has 1 N–H and O–H groups in total. The number of nitrogens with one attached hydrogen (secondary N) is 1. The molecule has 7 nitrogen and oxygen atoms in total. The van der Waals surface area contributed by atoms with Crippen LogP contribution in [-0.4, -0.2) is 36.9 Å². The summed E-state index contributed by atoms with van der Waals surface area (Å²) in [5.41, 5.74) is -2.62. The molecule has 0 saturated heterocycles. The summed E-state index contributed by atoms with van der Waals surface area (Å²) in [5.74, 6) is -1.82. The number of sulfone groups is 1. The van der Waals surface area contributed by atoms with Crippen molar-refractivity contribution in [2.75, 3.05) is 6.61 Å². The molecule has 0 amide bonds. The minimum Gasteiger partial charge on any atom is -0.415 e. The normalized spacial score (nSPS) is 20.0. The molecule has 1 aliphatic heterocycles. The number of ether oxygens (including phenoxy) is 1. The van der Waals surface area contributed by atoms with E-state index in [0.717, 1.165) is 6.92 Å². The van der Waals surface area contributed by atoms with E-state index >= 15 is 0 Å². The Labute approximate surface area is 132 Å². The zero-order valence-corrected chi connectivity index (χ0v) is 13.1. The molecule has 0 fully saturated rings. The third kappa shape index (κ3) is 3.30. The van der Waals surface area contributed by atoms with Gasteiger partial charge in [0.1, 0.15) is 12.3 Å². The van der Waals surface area contributed by atoms with Gasteiger partial charge >= 0.3 is 12.8 Å². The standard InChI is InChI=1S/C11H12F5N3O4S/c1-4-3-22-19-9(4)24(20,21)5(2)6-7(11(14,15)16)17-18-8(6)23-10(12)13/h4-5,10H,3H2,1-2H3,(H,17,18). The van der Waals surface area contributed by atoms with Crippen molar-refractivity contribution in [1.82, 2.24) is 10.2 Å². The molecule has 0 aliphatic carbocycles. The maximum Gasteiger partial charge on any atom is 0.433 e. The summed E-state index contributed by atoms with van der Waals surface area (Å²) in [6.07, 6.45) is -5.05. The van der Waals surface area contributed by atoms with Crippen molar-refractivity contribution in [2.24, 2.45) is 11.1 Å². The molecule has 0 aromatic carbocycles. The van der Waals surface area contributed by atoms with Crippen LogP contribution in [0.5, 0.6) is 5.88 Å². The third-order valence-electron chi connectivity index (χ3n) is 3.32. The second kappa shape index (κ2) is 6.18. The first-order chi connectivity index (χ1) is 11.0. The van der Waals surface area contributed by atoms with Gasteiger partial charge in [-0.1, -0.05) is 12.1 Å². The molecule has 2 rings (SSSR count). The summed E-state index contributed by atoms with van der Waals surface area (Å²) < 4.78 is 92.8. The second-order valence-corrected chi connectivity index (χ2v) is 7.22. The molecule has 0 radical (unpaired) electrons. The Morgan fingerprint density at radius 3 is 2.46 bits per heavy atom. The summed E-state index contributed by atoms with van der Waals surface area (Å²) in [6, 6.07) is 0. The number of nitrogens with zero attached hydrogens (tertiary/aromatic N) is 2. The largest absolute Gasteiger partial charge is 0.433 e. The van der Waals surface area contributed by atoms with Crippen LogP contribution in [0.15, 0.2) is 5.16 Å². The van der Waals surface area contributed by atoms with Gasteiger partial charge in [-0.3, -0.25) is 5.10 Å². The van der Waals surface area contributed by atoms with Crippen LogP contribution in [0.2, 0.25) is 0 Å². The zero-order valence-electron chi connectivity index (χ0n) is 12.3. The lowest BCUT2D eigenvalue weighted by atomic mass is 10.2. The predicted octanol–water partition coefficient (Wildman–Crippen LogP) is 2.49. The van der Waals surface area contributed by atoms with Crippen molar-refractivity contribution in [3.05, 3.63) is 11.3 Å². The van der Waals surface area contributed by atoms with Crippen LogP contribution in [0, 0.1) is 5.92 Å². The van der Waals surface area contributed by atoms with Gasteiger partial charge in [0.25, 0.3) is 0 Å². The maximum absolute atomic E-state index is 13.0. The van der Waals surface area contributed by atoms with Crippen LogP contribution in [0.1, 0.15) is 30.4 Å². The number of hydrogen-bond donors (Lipinski definition) is 1. The average Bonchev–Trinajstić information content (AvgIpc) is 3.03. The molecular weight excluding hydrogens is 365 g/mol. The number of alkyl halides is 5. The lowest BCUT2D eigenvalue weighted by Gasteiger charge is -2.16. The van der Waals surface area contributed by atoms with Crippen LogP contribution in [0.25, 0.3) is 0 Å². The van der Waals surface area contributed by atoms with Gasteiger partial charge in [0.05, 0.1) is 10.8 Å². The molecule has 136 valence electrons. The third-order valence-corrected chi connectivity index (χ3v) is 5.54. The van der Waals surface area contributed by atoms with Crippen molar-refractivity contribution in [1.29, 1.82) is 0 Å². The number of hydrogen-bond acceptors (Lipinski definition) is 6. The van der Waals surface area contributed by atoms with Gasteiger partial charge in [-0.2, -0.15) is 22.0 Å². The smallest absolute Gasteiger partial charge is 0.415 e. The number of halogens is 5. The summed E-state index contributed by atoms with van der Waals surface area (Å²) in [4.78, 5) is 4.63. The molecule has 1 aromatic rings. The zero-order chi connectivity index (χ0) is 18.3. The van der Waals surface area contributed by atoms with E-state index in [2.05, 4.69) is 19.8 Å². The number of aromatic nitrogens is 2. The quantitative estimate of drug-likeness (QED) is 0.814. The van der Waals surface area contributed by atoms with Crippen molar-refractivity contribution in [3.63, 3.8) is 0 Å². The monoisotopic (exact) mass is 377 g/mol. The Morgan fingerprint density at radius 2 is 2.00 bits per heavy atom. The van der Waals surface area contributed by atoms with Gasteiger partial charge in [0.2, 0.25) is 15.7 Å². The fourth-order valence-corrected chi connectivity index (χ4v) is 3.82. The molecule has 24 heavy (non-hydrogen) atoms. The lowest BCUT2D eigenvalue weighted by molar-refractivity contribution is -0.141. The van der Waals surface area contributed by atoms with E-state index in [0.29, 0.717) is 0 Å². The van der Waals surface area contributed by atoms with Gasteiger partial charge in [0.15, 0.2) is 5.04 Å². The first-order valence-electron chi connectivity index (χ1n) is 6.50. The van der Waals surface area contributed by atoms with E-state index in [9.17, 15) is 30.4 Å². The van der Waals surface area contributed by atoms with Gasteiger partial charge in [-0.05, 0) is 6.92 Å². The van der Waals surface area contributed by atoms with Gasteiger partial charge in [-0.25, -0.2) is 8.42 Å². The summed E-state index contributed by atoms with van der Waals surface area (Å²) in [7, 11) is -4.41. The van der Waals surface area contributed by atoms with Gasteiger partial charge in [-0.15, -0.1) is 5.10 Å². The SMILES string of the molecule is CC1CON=C1S(=O)(=O)C(C)c1c(OC(F)F)n[nH]c1C(F)(F)F. The predicted molar refractivity (Wildman–Crippen MR) is 70.1 cm³/mol. The molecule has 1 aromatic heterocycles. The lowest BCUT2D eigenvalue weighted by Crippen LogP contribution is -2.26. The Bertz CT molecular complexity index is 743. The Kier molecular flexibility index (Phi) is 4.74. The van der Waals surface area contributed by atoms with Gasteiger partial charge < -0.3 is 9.57 Å². The summed E-state index contributed by atoms with van der Waals surface area (Å²) >= 11 is 0. The first-order valence-corrected chi connectivity index (χ1v) is 8.05. The second-order valence-electron chi connectivity index (χ2n) is 5.01. The molecular formula is C11H12F5N3O4S. The summed E-state index contributed by atoms with van der Waals surface area (Å²) in [5, 5.41) is 5.51. The highest BCUT2D eigenvalue weighted by molar-refractivity contribution is 8.06. The molecule has 1 aliphatic rings. The fraction of sp³-hybridized carbons (Fsp3) is 0.636. The number of aromatic amines is 1. The highest BCUT2D eigenvalue weighted by Crippen LogP contribution is 2.41. The van der Waals surface area contributed by atoms with E-state index in [-0.39, 0.29) is 6.61 Å². The minimum absolute atomic E-state index is 0.0564. The molecule has 0 spiro atoms. The number of oxime groups is 1. The van der Waals surface area contributed by atoms with Crippen molar-refractivity contribution >= 4 is 14.9 Å². The molecule has 0 bridgehead atoms. The molecule has 2 heterocycles. The van der Waals surface area contributed by atoms with Crippen LogP contribution in [0.3, 0.4) is 0 Å². The topological polar surface area (TPSA) is 93.6 Å². The Hall–Kier alpha value is -1.92. The number of H-pyrrole nitrogens is 1. The Morgan fingerprint density at radius 1 is 1.38 bits per heavy atom. The molecule has 0 saturated carbocycles. The first kappa shape index (κ1) is 18.4. The van der Waals surface area contributed by atoms with Gasteiger partial charge in [0, 0.05) is 5.92 Å². The van der Waals surface area contributed by atoms with E-state index in [1.807, 2.05) is 0 Å². The van der Waals surface area contributed by atoms with Crippen molar-refractivity contribution in [2.45, 2.75) is 31.9 Å². The van der Waals surface area contributed by atoms with Crippen molar-refractivity contribution in [3.8, 4) is 5.88 Å². The van der Waals surface area contributed by atoms with Crippen LogP contribution in [0.4, 0.5) is 22.0 Å². The van der Waals surface area contributed by atoms with E-state index in [4.69, 9.17) is 0 Å². The highest BCUT2D eigenvalue weighted by atomic mass is 32.2. The van der Waals surface area contributed by atoms with E-state index < -0.39 is 56.0 Å². The minimum atomic E-state index is -5.05. The van der Waals surface area contributed by atoms with Crippen LogP contribution in [-0.2, 0) is 20.9 Å². The molecule has 13 heteroatoms. The Balaban J connectivity index is 2.55. The molecule has 2 unspecified atom stereocenters. The average molecular weight is 377 g/mol. The van der Waals surface area contributed by atoms with E-state index in [1.165, 1.54) is 12.0 Å². The van der Waals surface area contributed by atoms with Crippen LogP contribution < -0.4 is 4.74 Å². The van der Waals surface area contributed by atoms with E-state index in [1.54, 1.807) is 0 Å². The van der Waals surface area contributed by atoms with Crippen LogP contribution >= 0.6 is 0 Å². The molecule has 2 atom stereocenters. The summed E-state index contributed by atoms with van der Waals surface area (Å²) in [6.45, 7) is -1.18. The number of rotatable bonds is 4.